The minimum Gasteiger partial charge on any atom is -0.353 e. The molecule has 0 radical (unpaired) electrons. The molecule has 3 amide bonds. The third kappa shape index (κ3) is 7.01. The Morgan fingerprint density at radius 1 is 0.909 bits per heavy atom. The number of carbonyl (C=O) groups is 3. The van der Waals surface area contributed by atoms with Crippen LogP contribution in [0.5, 0.6) is 0 Å². The molecule has 0 spiro atoms. The van der Waals surface area contributed by atoms with Crippen LogP contribution >= 0.6 is 11.6 Å². The predicted octanol–water partition coefficient (Wildman–Crippen LogP) is 2.07. The number of hydrogen-bond donors (Lipinski definition) is 3. The Kier molecular flexibility index (Phi) is 7.93. The summed E-state index contributed by atoms with van der Waals surface area (Å²) in [5, 5.41) is 12.8. The van der Waals surface area contributed by atoms with Crippen LogP contribution in [-0.2, 0) is 16.1 Å². The summed E-state index contributed by atoms with van der Waals surface area (Å²) in [5.41, 5.74) is 1.91. The van der Waals surface area contributed by atoms with Gasteiger partial charge in [-0.2, -0.15) is 5.10 Å². The van der Waals surface area contributed by atoms with Gasteiger partial charge in [-0.1, -0.05) is 23.7 Å². The minimum absolute atomic E-state index is 0.181. The molecule has 0 aliphatic carbocycles. The van der Waals surface area contributed by atoms with Crippen molar-refractivity contribution in [3.63, 3.8) is 0 Å². The van der Waals surface area contributed by atoms with Crippen molar-refractivity contribution in [1.82, 2.24) is 20.4 Å². The van der Waals surface area contributed by atoms with Gasteiger partial charge in [-0.25, -0.2) is 4.68 Å². The van der Waals surface area contributed by atoms with Gasteiger partial charge < -0.3 is 16.0 Å². The van der Waals surface area contributed by atoms with E-state index in [4.69, 9.17) is 11.6 Å². The van der Waals surface area contributed by atoms with Crippen LogP contribution < -0.4 is 21.5 Å². The molecule has 0 aliphatic heterocycles. The highest BCUT2D eigenvalue weighted by atomic mass is 35.5. The Morgan fingerprint density at radius 3 is 2.24 bits per heavy atom. The van der Waals surface area contributed by atoms with Crippen molar-refractivity contribution in [2.45, 2.75) is 13.5 Å². The van der Waals surface area contributed by atoms with E-state index in [1.807, 2.05) is 0 Å². The summed E-state index contributed by atoms with van der Waals surface area (Å²) in [6.45, 7) is 1.53. The second-order valence-electron chi connectivity index (χ2n) is 7.09. The molecule has 0 saturated heterocycles. The standard InChI is InChI=1S/C23H22ClN5O4/c1-15(30)27-19-8-4-17(5-9-19)23(33)26-13-12-25-21(31)14-29-22(32)11-10-20(28-29)16-2-6-18(24)7-3-16/h2-11H,12-14H2,1H3,(H,25,31)(H,26,33)(H,27,30). The van der Waals surface area contributed by atoms with Crippen LogP contribution in [0.1, 0.15) is 17.3 Å². The third-order valence-electron chi connectivity index (χ3n) is 4.50. The zero-order valence-corrected chi connectivity index (χ0v) is 18.6. The highest BCUT2D eigenvalue weighted by Crippen LogP contribution is 2.18. The number of anilines is 1. The molecule has 0 atom stereocenters. The lowest BCUT2D eigenvalue weighted by Gasteiger charge is -2.09. The maximum absolute atomic E-state index is 12.2. The number of aromatic nitrogens is 2. The molecule has 0 unspecified atom stereocenters. The first-order valence-corrected chi connectivity index (χ1v) is 10.5. The quantitative estimate of drug-likeness (QED) is 0.438. The average Bonchev–Trinajstić information content (AvgIpc) is 2.79. The topological polar surface area (TPSA) is 122 Å². The first-order chi connectivity index (χ1) is 15.8. The van der Waals surface area contributed by atoms with Crippen LogP contribution in [0.4, 0.5) is 5.69 Å². The second-order valence-corrected chi connectivity index (χ2v) is 7.52. The van der Waals surface area contributed by atoms with E-state index in [0.29, 0.717) is 22.0 Å². The number of nitrogens with zero attached hydrogens (tertiary/aromatic N) is 2. The van der Waals surface area contributed by atoms with E-state index in [1.54, 1.807) is 54.6 Å². The molecule has 0 fully saturated rings. The van der Waals surface area contributed by atoms with E-state index in [1.165, 1.54) is 13.0 Å². The van der Waals surface area contributed by atoms with Crippen molar-refractivity contribution >= 4 is 35.0 Å². The lowest BCUT2D eigenvalue weighted by Crippen LogP contribution is -2.38. The van der Waals surface area contributed by atoms with Crippen molar-refractivity contribution < 1.29 is 14.4 Å². The first-order valence-electron chi connectivity index (χ1n) is 10.1. The number of carbonyl (C=O) groups excluding carboxylic acids is 3. The van der Waals surface area contributed by atoms with Crippen LogP contribution in [0.2, 0.25) is 5.02 Å². The van der Waals surface area contributed by atoms with Gasteiger partial charge in [-0.15, -0.1) is 0 Å². The molecular weight excluding hydrogens is 446 g/mol. The molecular formula is C23H22ClN5O4. The Morgan fingerprint density at radius 2 is 1.58 bits per heavy atom. The summed E-state index contributed by atoms with van der Waals surface area (Å²) in [7, 11) is 0. The van der Waals surface area contributed by atoms with Crippen molar-refractivity contribution in [2.24, 2.45) is 0 Å². The number of hydrogen-bond acceptors (Lipinski definition) is 5. The van der Waals surface area contributed by atoms with Crippen LogP contribution in [-0.4, -0.2) is 40.6 Å². The number of rotatable bonds is 8. The molecule has 2 aromatic carbocycles. The fourth-order valence-electron chi connectivity index (χ4n) is 2.92. The molecule has 1 heterocycles. The van der Waals surface area contributed by atoms with Gasteiger partial charge in [0.25, 0.3) is 11.5 Å². The van der Waals surface area contributed by atoms with Crippen molar-refractivity contribution in [2.75, 3.05) is 18.4 Å². The Balaban J connectivity index is 1.48. The predicted molar refractivity (Wildman–Crippen MR) is 125 cm³/mol. The normalized spacial score (nSPS) is 10.4. The molecule has 3 N–H and O–H groups in total. The number of benzene rings is 2. The molecule has 9 nitrogen and oxygen atoms in total. The van der Waals surface area contributed by atoms with Crippen LogP contribution in [0.25, 0.3) is 11.3 Å². The SMILES string of the molecule is CC(=O)Nc1ccc(C(=O)NCCNC(=O)Cn2nc(-c3ccc(Cl)cc3)ccc2=O)cc1. The summed E-state index contributed by atoms with van der Waals surface area (Å²) in [6.07, 6.45) is 0. The lowest BCUT2D eigenvalue weighted by atomic mass is 10.1. The summed E-state index contributed by atoms with van der Waals surface area (Å²) in [5.74, 6) is -0.920. The van der Waals surface area contributed by atoms with Gasteiger partial charge >= 0.3 is 0 Å². The third-order valence-corrected chi connectivity index (χ3v) is 4.75. The lowest BCUT2D eigenvalue weighted by molar-refractivity contribution is -0.121. The largest absolute Gasteiger partial charge is 0.353 e. The fourth-order valence-corrected chi connectivity index (χ4v) is 3.04. The second kappa shape index (κ2) is 11.1. The Labute approximate surface area is 194 Å². The van der Waals surface area contributed by atoms with Gasteiger partial charge in [-0.3, -0.25) is 19.2 Å². The van der Waals surface area contributed by atoms with Crippen molar-refractivity contribution in [3.05, 3.63) is 81.6 Å². The van der Waals surface area contributed by atoms with Gasteiger partial charge in [0.05, 0.1) is 5.69 Å². The number of nitrogens with one attached hydrogen (secondary N) is 3. The van der Waals surface area contributed by atoms with Gasteiger partial charge in [0, 0.05) is 47.9 Å². The first kappa shape index (κ1) is 23.7. The Hall–Kier alpha value is -3.98. The fraction of sp³-hybridized carbons (Fsp3) is 0.174. The highest BCUT2D eigenvalue weighted by molar-refractivity contribution is 6.30. The van der Waals surface area contributed by atoms with Gasteiger partial charge in [0.15, 0.2) is 0 Å². The maximum Gasteiger partial charge on any atom is 0.267 e. The molecule has 0 saturated carbocycles. The molecule has 33 heavy (non-hydrogen) atoms. The van der Waals surface area contributed by atoms with Crippen LogP contribution in [0.15, 0.2) is 65.5 Å². The van der Waals surface area contributed by atoms with Gasteiger partial charge in [-0.05, 0) is 42.5 Å². The molecule has 0 bridgehead atoms. The smallest absolute Gasteiger partial charge is 0.267 e. The Bertz CT molecular complexity index is 1210. The monoisotopic (exact) mass is 467 g/mol. The minimum atomic E-state index is -0.410. The molecule has 3 aromatic rings. The maximum atomic E-state index is 12.2. The van der Waals surface area contributed by atoms with Crippen molar-refractivity contribution in [3.8, 4) is 11.3 Å². The number of amides is 3. The molecule has 170 valence electrons. The van der Waals surface area contributed by atoms with Crippen LogP contribution in [0, 0.1) is 0 Å². The molecule has 0 aliphatic rings. The van der Waals surface area contributed by atoms with E-state index < -0.39 is 11.5 Å². The van der Waals surface area contributed by atoms with E-state index in [2.05, 4.69) is 21.0 Å². The molecule has 1 aromatic heterocycles. The summed E-state index contributed by atoms with van der Waals surface area (Å²) >= 11 is 5.89. The number of halogens is 1. The van der Waals surface area contributed by atoms with E-state index in [9.17, 15) is 19.2 Å². The zero-order valence-electron chi connectivity index (χ0n) is 17.8. The average molecular weight is 468 g/mol. The summed E-state index contributed by atoms with van der Waals surface area (Å²) in [4.78, 5) is 47.5. The highest BCUT2D eigenvalue weighted by Gasteiger charge is 2.09. The van der Waals surface area contributed by atoms with E-state index in [-0.39, 0.29) is 31.4 Å². The van der Waals surface area contributed by atoms with Crippen molar-refractivity contribution in [1.29, 1.82) is 0 Å². The van der Waals surface area contributed by atoms with Gasteiger partial charge in [0.1, 0.15) is 6.54 Å². The summed E-state index contributed by atoms with van der Waals surface area (Å²) < 4.78 is 1.08. The summed E-state index contributed by atoms with van der Waals surface area (Å²) in [6, 6.07) is 16.3. The molecule has 3 rings (SSSR count). The van der Waals surface area contributed by atoms with Crippen LogP contribution in [0.3, 0.4) is 0 Å². The van der Waals surface area contributed by atoms with Gasteiger partial charge in [0.2, 0.25) is 11.8 Å². The zero-order chi connectivity index (χ0) is 23.8. The molecule has 10 heteroatoms. The van der Waals surface area contributed by atoms with E-state index >= 15 is 0 Å². The van der Waals surface area contributed by atoms with E-state index in [0.717, 1.165) is 10.2 Å².